The number of rotatable bonds is 6. The van der Waals surface area contributed by atoms with E-state index < -0.39 is 13.6 Å². The van der Waals surface area contributed by atoms with Gasteiger partial charge in [-0.15, -0.1) is 0 Å². The van der Waals surface area contributed by atoms with E-state index in [0.717, 1.165) is 6.42 Å². The van der Waals surface area contributed by atoms with Crippen molar-refractivity contribution < 1.29 is 0 Å². The Morgan fingerprint density at radius 3 is 1.11 bits per heavy atom. The molecule has 0 nitrogen and oxygen atoms in total. The molecule has 132 valence electrons. The summed E-state index contributed by atoms with van der Waals surface area (Å²) in [6.07, 6.45) is 1.10. The Morgan fingerprint density at radius 2 is 0.741 bits per heavy atom. The molecule has 0 saturated heterocycles. The van der Waals surface area contributed by atoms with Gasteiger partial charge in [-0.1, -0.05) is 0 Å². The van der Waals surface area contributed by atoms with E-state index in [9.17, 15) is 0 Å². The Balaban J connectivity index is 1.89. The molecule has 0 aliphatic heterocycles. The molecule has 0 aliphatic carbocycles. The van der Waals surface area contributed by atoms with Crippen molar-refractivity contribution in [2.75, 3.05) is 0 Å². The van der Waals surface area contributed by atoms with Crippen LogP contribution in [0.4, 0.5) is 0 Å². The molecule has 4 aromatic carbocycles. The van der Waals surface area contributed by atoms with Gasteiger partial charge in [0.1, 0.15) is 0 Å². The van der Waals surface area contributed by atoms with Gasteiger partial charge in [-0.05, 0) is 0 Å². The molecule has 0 saturated carbocycles. The average molecular weight is 411 g/mol. The molecule has 0 amide bonds. The average Bonchev–Trinajstić information content (AvgIpc) is 2.77. The van der Waals surface area contributed by atoms with Crippen LogP contribution in [0, 0.1) is 0 Å². The Hall–Kier alpha value is -2.56. The van der Waals surface area contributed by atoms with Gasteiger partial charge in [0.25, 0.3) is 0 Å². The van der Waals surface area contributed by atoms with Crippen LogP contribution in [0.5, 0.6) is 0 Å². The van der Waals surface area contributed by atoms with Crippen molar-refractivity contribution >= 4 is 26.6 Å². The van der Waals surface area contributed by atoms with Crippen molar-refractivity contribution in [1.29, 1.82) is 0 Å². The van der Waals surface area contributed by atoms with Crippen molar-refractivity contribution in [1.82, 2.24) is 0 Å². The van der Waals surface area contributed by atoms with E-state index in [1.807, 2.05) is 0 Å². The van der Waals surface area contributed by atoms with E-state index in [0.29, 0.717) is 0 Å². The summed E-state index contributed by atoms with van der Waals surface area (Å²) in [6.45, 7) is 0. The van der Waals surface area contributed by atoms with E-state index >= 15 is 0 Å². The number of hydrogen-bond donors (Lipinski definition) is 0. The molecule has 27 heavy (non-hydrogen) atoms. The summed E-state index contributed by atoms with van der Waals surface area (Å²) in [7, 11) is 0. The SMILES string of the molecule is c1ccc(CC[As+](c2ccccc2)(c2ccccc2)c2ccccc2)cc1. The van der Waals surface area contributed by atoms with Crippen LogP contribution in [-0.2, 0) is 6.42 Å². The van der Waals surface area contributed by atoms with Crippen LogP contribution < -0.4 is 13.1 Å². The summed E-state index contributed by atoms with van der Waals surface area (Å²) in [6, 6.07) is 44.5. The van der Waals surface area contributed by atoms with Gasteiger partial charge >= 0.3 is 165 Å². The van der Waals surface area contributed by atoms with Crippen LogP contribution in [0.2, 0.25) is 5.21 Å². The van der Waals surface area contributed by atoms with E-state index in [4.69, 9.17) is 0 Å². The first-order chi connectivity index (χ1) is 13.4. The third-order valence-electron chi connectivity index (χ3n) is 5.17. The standard InChI is InChI=1S/C26H24As/c1-5-13-23(14-6-1)21-22-27(24-15-7-2-8-16-24,25-17-9-3-10-18-25)26-19-11-4-12-20-26/h1-20H,21-22H2/q+1. The van der Waals surface area contributed by atoms with Gasteiger partial charge in [0, 0.05) is 0 Å². The Morgan fingerprint density at radius 1 is 0.407 bits per heavy atom. The van der Waals surface area contributed by atoms with Crippen LogP contribution in [-0.4, -0.2) is 13.6 Å². The predicted octanol–water partition coefficient (Wildman–Crippen LogP) is 4.40. The molecule has 0 heterocycles. The summed E-state index contributed by atoms with van der Waals surface area (Å²) in [5.41, 5.74) is 1.42. The summed E-state index contributed by atoms with van der Waals surface area (Å²) in [4.78, 5) is 0. The molecule has 0 N–H and O–H groups in total. The van der Waals surface area contributed by atoms with Crippen LogP contribution in [0.15, 0.2) is 121 Å². The second-order valence-electron chi connectivity index (χ2n) is 6.78. The number of aryl methyl sites for hydroxylation is 1. The Labute approximate surface area is 165 Å². The fourth-order valence-electron chi connectivity index (χ4n) is 3.82. The molecule has 0 fully saturated rings. The van der Waals surface area contributed by atoms with Crippen molar-refractivity contribution in [2.24, 2.45) is 0 Å². The zero-order valence-electron chi connectivity index (χ0n) is 15.4. The summed E-state index contributed by atoms with van der Waals surface area (Å²) in [5.74, 6) is 0. The van der Waals surface area contributed by atoms with Crippen molar-refractivity contribution in [3.63, 3.8) is 0 Å². The quantitative estimate of drug-likeness (QED) is 0.413. The summed E-state index contributed by atoms with van der Waals surface area (Å²) < 4.78 is 4.55. The van der Waals surface area contributed by atoms with Gasteiger partial charge in [-0.2, -0.15) is 0 Å². The van der Waals surface area contributed by atoms with Gasteiger partial charge < -0.3 is 0 Å². The third kappa shape index (κ3) is 3.77. The molecule has 0 aromatic heterocycles. The predicted molar refractivity (Wildman–Crippen MR) is 119 cm³/mol. The van der Waals surface area contributed by atoms with Crippen molar-refractivity contribution in [3.8, 4) is 0 Å². The topological polar surface area (TPSA) is 0 Å². The molecule has 0 atom stereocenters. The Bertz CT molecular complexity index is 851. The zero-order chi connectivity index (χ0) is 18.4. The van der Waals surface area contributed by atoms with Crippen molar-refractivity contribution in [2.45, 2.75) is 11.6 Å². The minimum atomic E-state index is -2.57. The molecule has 1 heteroatoms. The first-order valence-electron chi connectivity index (χ1n) is 9.48. The molecular weight excluding hydrogens is 387 g/mol. The first-order valence-corrected chi connectivity index (χ1v) is 13.6. The fraction of sp³-hybridized carbons (Fsp3) is 0.0769. The monoisotopic (exact) mass is 411 g/mol. The van der Waals surface area contributed by atoms with Crippen LogP contribution in [0.3, 0.4) is 0 Å². The van der Waals surface area contributed by atoms with Crippen LogP contribution >= 0.6 is 0 Å². The van der Waals surface area contributed by atoms with E-state index in [1.165, 1.54) is 23.8 Å². The van der Waals surface area contributed by atoms with Gasteiger partial charge in [0.05, 0.1) is 0 Å². The second-order valence-corrected chi connectivity index (χ2v) is 14.4. The van der Waals surface area contributed by atoms with Gasteiger partial charge in [0.2, 0.25) is 0 Å². The normalized spacial score (nSPS) is 11.3. The number of hydrogen-bond acceptors (Lipinski definition) is 0. The molecule has 4 rings (SSSR count). The summed E-state index contributed by atoms with van der Waals surface area (Å²) in [5, 5.41) is 1.19. The van der Waals surface area contributed by atoms with E-state index in [-0.39, 0.29) is 0 Å². The van der Waals surface area contributed by atoms with Gasteiger partial charge in [-0.3, -0.25) is 0 Å². The minimum absolute atomic E-state index is 1.10. The third-order valence-corrected chi connectivity index (χ3v) is 14.5. The van der Waals surface area contributed by atoms with Crippen molar-refractivity contribution in [3.05, 3.63) is 127 Å². The maximum absolute atomic E-state index is 2.57. The van der Waals surface area contributed by atoms with Gasteiger partial charge in [0.15, 0.2) is 0 Å². The zero-order valence-corrected chi connectivity index (χ0v) is 17.3. The van der Waals surface area contributed by atoms with Crippen LogP contribution in [0.25, 0.3) is 0 Å². The second kappa shape index (κ2) is 8.42. The maximum atomic E-state index is 2.35. The molecule has 0 aliphatic rings. The fourth-order valence-corrected chi connectivity index (χ4v) is 12.9. The molecular formula is C26H24As+. The van der Waals surface area contributed by atoms with E-state index in [2.05, 4.69) is 121 Å². The molecule has 0 radical (unpaired) electrons. The van der Waals surface area contributed by atoms with E-state index in [1.54, 1.807) is 0 Å². The Kier molecular flexibility index (Phi) is 5.56. The molecule has 0 unspecified atom stereocenters. The summed E-state index contributed by atoms with van der Waals surface area (Å²) >= 11 is -2.57. The molecule has 4 aromatic rings. The molecule has 0 bridgehead atoms. The van der Waals surface area contributed by atoms with Gasteiger partial charge in [-0.25, -0.2) is 0 Å². The number of benzene rings is 4. The van der Waals surface area contributed by atoms with Crippen LogP contribution in [0.1, 0.15) is 5.56 Å². The molecule has 0 spiro atoms. The first kappa shape index (κ1) is 17.8.